The molecular weight excluding hydrogens is 444 g/mol. The summed E-state index contributed by atoms with van der Waals surface area (Å²) in [5, 5.41) is 33.2. The van der Waals surface area contributed by atoms with Crippen molar-refractivity contribution in [2.45, 2.75) is 96.8 Å². The molecule has 0 radical (unpaired) electrons. The van der Waals surface area contributed by atoms with Crippen LogP contribution >= 0.6 is 0 Å². The zero-order valence-electron chi connectivity index (χ0n) is 22.0. The molecule has 2 saturated carbocycles. The first-order chi connectivity index (χ1) is 17.3. The van der Waals surface area contributed by atoms with Crippen LogP contribution in [0, 0.1) is 20.8 Å². The summed E-state index contributed by atoms with van der Waals surface area (Å²) < 4.78 is 0. The third-order valence-corrected chi connectivity index (χ3v) is 8.72. The van der Waals surface area contributed by atoms with Gasteiger partial charge < -0.3 is 15.3 Å². The Hall–Kier alpha value is -2.94. The van der Waals surface area contributed by atoms with E-state index in [2.05, 4.69) is 25.1 Å². The van der Waals surface area contributed by atoms with Gasteiger partial charge in [-0.3, -0.25) is 0 Å². The monoisotopic (exact) mass is 484 g/mol. The van der Waals surface area contributed by atoms with Crippen molar-refractivity contribution in [3.63, 3.8) is 0 Å². The summed E-state index contributed by atoms with van der Waals surface area (Å²) >= 11 is 0. The van der Waals surface area contributed by atoms with Crippen LogP contribution in [0.15, 0.2) is 36.4 Å². The topological polar surface area (TPSA) is 60.7 Å². The number of rotatable bonds is 4. The Balaban J connectivity index is 1.69. The first kappa shape index (κ1) is 24.7. The van der Waals surface area contributed by atoms with Gasteiger partial charge >= 0.3 is 0 Å². The molecule has 3 nitrogen and oxygen atoms in total. The Morgan fingerprint density at radius 3 is 1.44 bits per heavy atom. The number of phenols is 3. The molecule has 0 spiro atoms. The lowest BCUT2D eigenvalue weighted by molar-refractivity contribution is 0.412. The minimum atomic E-state index is 0.250. The Kier molecular flexibility index (Phi) is 7.01. The number of hydrogen-bond donors (Lipinski definition) is 3. The van der Waals surface area contributed by atoms with Gasteiger partial charge in [-0.15, -0.1) is 0 Å². The number of hydrogen-bond acceptors (Lipinski definition) is 3. The maximum absolute atomic E-state index is 11.2. The Morgan fingerprint density at radius 2 is 0.972 bits per heavy atom. The van der Waals surface area contributed by atoms with Crippen molar-refractivity contribution in [3.05, 3.63) is 64.2 Å². The molecule has 0 atom stereocenters. The van der Waals surface area contributed by atoms with Crippen LogP contribution in [0.2, 0.25) is 0 Å². The molecule has 2 aliphatic rings. The molecule has 0 unspecified atom stereocenters. The van der Waals surface area contributed by atoms with Crippen LogP contribution < -0.4 is 0 Å². The number of aromatic hydroxyl groups is 3. The van der Waals surface area contributed by atoms with Crippen molar-refractivity contribution in [3.8, 4) is 39.5 Å². The third-order valence-electron chi connectivity index (χ3n) is 8.72. The second-order valence-corrected chi connectivity index (χ2v) is 11.3. The van der Waals surface area contributed by atoms with Crippen molar-refractivity contribution >= 4 is 0 Å². The minimum Gasteiger partial charge on any atom is -0.507 e. The Morgan fingerprint density at radius 1 is 0.528 bits per heavy atom. The zero-order valence-corrected chi connectivity index (χ0v) is 22.0. The number of benzene rings is 3. The van der Waals surface area contributed by atoms with Gasteiger partial charge in [-0.25, -0.2) is 0 Å². The molecule has 0 aromatic heterocycles. The molecule has 0 heterocycles. The quantitative estimate of drug-likeness (QED) is 0.346. The number of aryl methyl sites for hydroxylation is 3. The molecule has 0 saturated heterocycles. The summed E-state index contributed by atoms with van der Waals surface area (Å²) in [6.07, 6.45) is 11.8. The van der Waals surface area contributed by atoms with Gasteiger partial charge in [0.1, 0.15) is 17.2 Å². The Labute approximate surface area is 215 Å². The van der Waals surface area contributed by atoms with E-state index in [-0.39, 0.29) is 5.75 Å². The van der Waals surface area contributed by atoms with E-state index in [0.29, 0.717) is 23.3 Å². The summed E-state index contributed by atoms with van der Waals surface area (Å²) in [5.74, 6) is 1.82. The van der Waals surface area contributed by atoms with Gasteiger partial charge in [-0.2, -0.15) is 0 Å². The molecule has 3 aromatic rings. The molecule has 190 valence electrons. The third kappa shape index (κ3) is 4.61. The summed E-state index contributed by atoms with van der Waals surface area (Å²) in [6, 6.07) is 12.1. The van der Waals surface area contributed by atoms with Crippen LogP contribution in [0.4, 0.5) is 0 Å². The standard InChI is InChI=1S/C33H40O3/c1-20-14-15-29(34)31(26-17-22(3)33(36)28(19-26)24-12-8-5-9-13-24)30(20)25-16-21(2)32(35)27(18-25)23-10-6-4-7-11-23/h14-19,23-24,34-36H,4-13H2,1-3H3. The highest BCUT2D eigenvalue weighted by Crippen LogP contribution is 2.48. The lowest BCUT2D eigenvalue weighted by atomic mass is 9.79. The van der Waals surface area contributed by atoms with E-state index < -0.39 is 0 Å². The van der Waals surface area contributed by atoms with Gasteiger partial charge in [-0.1, -0.05) is 44.6 Å². The molecule has 2 aliphatic carbocycles. The van der Waals surface area contributed by atoms with Crippen LogP contribution in [0.3, 0.4) is 0 Å². The van der Waals surface area contributed by atoms with Crippen molar-refractivity contribution < 1.29 is 15.3 Å². The molecule has 0 aliphatic heterocycles. The highest BCUT2D eigenvalue weighted by atomic mass is 16.3. The average Bonchev–Trinajstić information content (AvgIpc) is 2.89. The predicted octanol–water partition coefficient (Wildman–Crippen LogP) is 9.16. The average molecular weight is 485 g/mol. The highest BCUT2D eigenvalue weighted by Gasteiger charge is 2.25. The SMILES string of the molecule is Cc1cc(-c2c(C)ccc(O)c2-c2cc(C)c(O)c(C3CCCCC3)c2)cc(C2CCCCC2)c1O. The number of phenolic OH excluding ortho intramolecular Hbond substituents is 3. The van der Waals surface area contributed by atoms with Gasteiger partial charge in [-0.05, 0) is 133 Å². The summed E-state index contributed by atoms with van der Waals surface area (Å²) in [6.45, 7) is 6.04. The van der Waals surface area contributed by atoms with E-state index >= 15 is 0 Å². The highest BCUT2D eigenvalue weighted by molar-refractivity contribution is 5.90. The van der Waals surface area contributed by atoms with Gasteiger partial charge in [0.15, 0.2) is 0 Å². The summed E-state index contributed by atoms with van der Waals surface area (Å²) in [4.78, 5) is 0. The largest absolute Gasteiger partial charge is 0.507 e. The maximum Gasteiger partial charge on any atom is 0.124 e. The van der Waals surface area contributed by atoms with Crippen molar-refractivity contribution in [2.24, 2.45) is 0 Å². The second kappa shape index (κ2) is 10.2. The van der Waals surface area contributed by atoms with Gasteiger partial charge in [0.25, 0.3) is 0 Å². The lowest BCUT2D eigenvalue weighted by Crippen LogP contribution is -2.06. The first-order valence-electron chi connectivity index (χ1n) is 13.9. The summed E-state index contributed by atoms with van der Waals surface area (Å²) in [5.41, 5.74) is 8.70. The van der Waals surface area contributed by atoms with E-state index in [1.54, 1.807) is 6.07 Å². The zero-order chi connectivity index (χ0) is 25.4. The molecule has 3 N–H and O–H groups in total. The van der Waals surface area contributed by atoms with E-state index in [4.69, 9.17) is 0 Å². The second-order valence-electron chi connectivity index (χ2n) is 11.3. The molecular formula is C33H40O3. The Bertz CT molecular complexity index is 1160. The van der Waals surface area contributed by atoms with E-state index in [1.807, 2.05) is 26.0 Å². The molecule has 3 aromatic carbocycles. The van der Waals surface area contributed by atoms with Crippen molar-refractivity contribution in [1.82, 2.24) is 0 Å². The smallest absolute Gasteiger partial charge is 0.124 e. The van der Waals surface area contributed by atoms with Crippen molar-refractivity contribution in [1.29, 1.82) is 0 Å². The van der Waals surface area contributed by atoms with E-state index in [9.17, 15) is 15.3 Å². The molecule has 3 heteroatoms. The van der Waals surface area contributed by atoms with Gasteiger partial charge in [0.05, 0.1) is 0 Å². The molecule has 2 fully saturated rings. The van der Waals surface area contributed by atoms with Gasteiger partial charge in [0, 0.05) is 5.56 Å². The van der Waals surface area contributed by atoms with Gasteiger partial charge in [0.2, 0.25) is 0 Å². The fourth-order valence-electron chi connectivity index (χ4n) is 6.71. The van der Waals surface area contributed by atoms with Crippen LogP contribution in [0.25, 0.3) is 22.3 Å². The first-order valence-corrected chi connectivity index (χ1v) is 13.9. The van der Waals surface area contributed by atoms with E-state index in [0.717, 1.165) is 75.8 Å². The summed E-state index contributed by atoms with van der Waals surface area (Å²) in [7, 11) is 0. The lowest BCUT2D eigenvalue weighted by Gasteiger charge is -2.26. The fourth-order valence-corrected chi connectivity index (χ4v) is 6.71. The predicted molar refractivity (Wildman–Crippen MR) is 148 cm³/mol. The van der Waals surface area contributed by atoms with E-state index in [1.165, 1.54) is 38.5 Å². The van der Waals surface area contributed by atoms with Crippen LogP contribution in [-0.4, -0.2) is 15.3 Å². The molecule has 0 bridgehead atoms. The minimum absolute atomic E-state index is 0.250. The van der Waals surface area contributed by atoms with Crippen LogP contribution in [-0.2, 0) is 0 Å². The van der Waals surface area contributed by atoms with Crippen LogP contribution in [0.5, 0.6) is 17.2 Å². The fraction of sp³-hybridized carbons (Fsp3) is 0.455. The maximum atomic E-state index is 11.2. The molecule has 5 rings (SSSR count). The molecule has 0 amide bonds. The molecule has 36 heavy (non-hydrogen) atoms. The van der Waals surface area contributed by atoms with Crippen LogP contribution in [0.1, 0.15) is 104 Å². The van der Waals surface area contributed by atoms with Crippen molar-refractivity contribution in [2.75, 3.05) is 0 Å². The normalized spacial score (nSPS) is 17.4.